The van der Waals surface area contributed by atoms with Crippen LogP contribution in [0.4, 0.5) is 13.2 Å². The number of benzene rings is 1. The van der Waals surface area contributed by atoms with E-state index in [1.807, 2.05) is 20.9 Å². The standard InChI is InChI=1S/C13H16F3N/c1-9(10(2)17-3)7-11-5-4-6-12(8-11)13(14,15)16/h4-8,10,17H,1-3H3/b9-7+. The van der Waals surface area contributed by atoms with Gasteiger partial charge < -0.3 is 5.32 Å². The Morgan fingerprint density at radius 1 is 1.35 bits per heavy atom. The van der Waals surface area contributed by atoms with Gasteiger partial charge in [0, 0.05) is 6.04 Å². The monoisotopic (exact) mass is 243 g/mol. The van der Waals surface area contributed by atoms with Gasteiger partial charge in [0.2, 0.25) is 0 Å². The van der Waals surface area contributed by atoms with E-state index in [-0.39, 0.29) is 6.04 Å². The van der Waals surface area contributed by atoms with E-state index in [4.69, 9.17) is 0 Å². The molecule has 1 N–H and O–H groups in total. The normalized spacial score (nSPS) is 14.8. The van der Waals surface area contributed by atoms with Crippen LogP contribution >= 0.6 is 0 Å². The third-order valence-corrected chi connectivity index (χ3v) is 2.72. The van der Waals surface area contributed by atoms with Crippen LogP contribution < -0.4 is 5.32 Å². The van der Waals surface area contributed by atoms with Crippen LogP contribution in [0.5, 0.6) is 0 Å². The topological polar surface area (TPSA) is 12.0 Å². The zero-order valence-electron chi connectivity index (χ0n) is 10.1. The zero-order valence-corrected chi connectivity index (χ0v) is 10.1. The van der Waals surface area contributed by atoms with E-state index in [0.29, 0.717) is 5.56 Å². The summed E-state index contributed by atoms with van der Waals surface area (Å²) in [6, 6.07) is 5.47. The molecule has 1 nitrogen and oxygen atoms in total. The minimum Gasteiger partial charge on any atom is -0.314 e. The van der Waals surface area contributed by atoms with E-state index in [0.717, 1.165) is 17.7 Å². The van der Waals surface area contributed by atoms with E-state index < -0.39 is 11.7 Å². The van der Waals surface area contributed by atoms with Crippen molar-refractivity contribution in [2.24, 2.45) is 0 Å². The fourth-order valence-corrected chi connectivity index (χ4v) is 1.42. The fourth-order valence-electron chi connectivity index (χ4n) is 1.42. The van der Waals surface area contributed by atoms with Crippen molar-refractivity contribution in [3.05, 3.63) is 41.0 Å². The summed E-state index contributed by atoms with van der Waals surface area (Å²) in [5, 5.41) is 3.04. The van der Waals surface area contributed by atoms with Crippen LogP contribution in [-0.2, 0) is 6.18 Å². The molecule has 0 spiro atoms. The molecule has 1 aromatic carbocycles. The van der Waals surface area contributed by atoms with Gasteiger partial charge in [-0.3, -0.25) is 0 Å². The van der Waals surface area contributed by atoms with Crippen molar-refractivity contribution in [2.45, 2.75) is 26.1 Å². The molecule has 17 heavy (non-hydrogen) atoms. The Hall–Kier alpha value is -1.29. The Morgan fingerprint density at radius 3 is 2.53 bits per heavy atom. The molecule has 0 aromatic heterocycles. The molecule has 0 radical (unpaired) electrons. The molecule has 1 unspecified atom stereocenters. The second-order valence-electron chi connectivity index (χ2n) is 4.02. The van der Waals surface area contributed by atoms with Gasteiger partial charge in [-0.2, -0.15) is 13.2 Å². The zero-order chi connectivity index (χ0) is 13.1. The number of hydrogen-bond acceptors (Lipinski definition) is 1. The maximum Gasteiger partial charge on any atom is 0.416 e. The summed E-state index contributed by atoms with van der Waals surface area (Å²) in [6.45, 7) is 3.85. The molecule has 0 amide bonds. The molecule has 94 valence electrons. The second kappa shape index (κ2) is 5.36. The van der Waals surface area contributed by atoms with Crippen LogP contribution in [0.1, 0.15) is 25.0 Å². The minimum atomic E-state index is -4.29. The van der Waals surface area contributed by atoms with Gasteiger partial charge in [0.15, 0.2) is 0 Å². The van der Waals surface area contributed by atoms with Crippen molar-refractivity contribution in [2.75, 3.05) is 7.05 Å². The second-order valence-corrected chi connectivity index (χ2v) is 4.02. The van der Waals surface area contributed by atoms with Crippen LogP contribution in [0.2, 0.25) is 0 Å². The van der Waals surface area contributed by atoms with Gasteiger partial charge in [0.05, 0.1) is 5.56 Å². The van der Waals surface area contributed by atoms with Crippen molar-refractivity contribution in [1.29, 1.82) is 0 Å². The number of alkyl halides is 3. The molecule has 0 heterocycles. The SMILES string of the molecule is CNC(C)/C(C)=C/c1cccc(C(F)(F)F)c1. The van der Waals surface area contributed by atoms with Crippen molar-refractivity contribution < 1.29 is 13.2 Å². The molecule has 0 aliphatic rings. The first-order valence-electron chi connectivity index (χ1n) is 5.37. The van der Waals surface area contributed by atoms with Crippen LogP contribution in [-0.4, -0.2) is 13.1 Å². The van der Waals surface area contributed by atoms with Crippen LogP contribution in [0.15, 0.2) is 29.8 Å². The summed E-state index contributed by atoms with van der Waals surface area (Å²) in [4.78, 5) is 0. The average molecular weight is 243 g/mol. The summed E-state index contributed by atoms with van der Waals surface area (Å²) in [6.07, 6.45) is -2.53. The maximum absolute atomic E-state index is 12.5. The molecule has 0 saturated heterocycles. The predicted octanol–water partition coefficient (Wildman–Crippen LogP) is 3.72. The first kappa shape index (κ1) is 13.8. The number of rotatable bonds is 3. The smallest absolute Gasteiger partial charge is 0.314 e. The largest absolute Gasteiger partial charge is 0.416 e. The first-order chi connectivity index (χ1) is 7.84. The molecule has 0 aliphatic carbocycles. The minimum absolute atomic E-state index is 0.143. The van der Waals surface area contributed by atoms with Gasteiger partial charge in [-0.25, -0.2) is 0 Å². The van der Waals surface area contributed by atoms with E-state index in [9.17, 15) is 13.2 Å². The fraction of sp³-hybridized carbons (Fsp3) is 0.385. The highest BCUT2D eigenvalue weighted by molar-refractivity contribution is 5.54. The predicted molar refractivity (Wildman–Crippen MR) is 63.6 cm³/mol. The van der Waals surface area contributed by atoms with Gasteiger partial charge in [0.25, 0.3) is 0 Å². The highest BCUT2D eigenvalue weighted by Crippen LogP contribution is 2.29. The first-order valence-corrected chi connectivity index (χ1v) is 5.37. The third kappa shape index (κ3) is 3.89. The summed E-state index contributed by atoms with van der Waals surface area (Å²) >= 11 is 0. The van der Waals surface area contributed by atoms with Gasteiger partial charge in [-0.1, -0.05) is 23.8 Å². The summed E-state index contributed by atoms with van der Waals surface area (Å²) < 4.78 is 37.5. The lowest BCUT2D eigenvalue weighted by Crippen LogP contribution is -2.21. The Bertz CT molecular complexity index is 407. The Morgan fingerprint density at radius 2 is 2.00 bits per heavy atom. The molecule has 0 bridgehead atoms. The molecular weight excluding hydrogens is 227 g/mol. The number of hydrogen-bond donors (Lipinski definition) is 1. The lowest BCUT2D eigenvalue weighted by atomic mass is 10.0. The molecule has 0 aliphatic heterocycles. The molecule has 0 saturated carbocycles. The highest BCUT2D eigenvalue weighted by Gasteiger charge is 2.30. The number of nitrogens with one attached hydrogen (secondary N) is 1. The lowest BCUT2D eigenvalue weighted by molar-refractivity contribution is -0.137. The lowest BCUT2D eigenvalue weighted by Gasteiger charge is -2.11. The summed E-state index contributed by atoms with van der Waals surface area (Å²) in [7, 11) is 1.81. The molecule has 1 atom stereocenters. The van der Waals surface area contributed by atoms with Gasteiger partial charge in [-0.05, 0) is 38.6 Å². The third-order valence-electron chi connectivity index (χ3n) is 2.72. The maximum atomic E-state index is 12.5. The quantitative estimate of drug-likeness (QED) is 0.853. The van der Waals surface area contributed by atoms with Crippen LogP contribution in [0.25, 0.3) is 6.08 Å². The number of halogens is 3. The molecular formula is C13H16F3N. The van der Waals surface area contributed by atoms with E-state index in [1.165, 1.54) is 6.07 Å². The van der Waals surface area contributed by atoms with Gasteiger partial charge in [0.1, 0.15) is 0 Å². The van der Waals surface area contributed by atoms with Crippen molar-refractivity contribution in [1.82, 2.24) is 5.32 Å². The Balaban J connectivity index is 3.01. The Kier molecular flexibility index (Phi) is 4.34. The molecule has 4 heteroatoms. The highest BCUT2D eigenvalue weighted by atomic mass is 19.4. The van der Waals surface area contributed by atoms with E-state index >= 15 is 0 Å². The summed E-state index contributed by atoms with van der Waals surface area (Å²) in [5.74, 6) is 0. The van der Waals surface area contributed by atoms with Crippen molar-refractivity contribution in [3.8, 4) is 0 Å². The Labute approximate surface area is 99.3 Å². The van der Waals surface area contributed by atoms with Gasteiger partial charge in [-0.15, -0.1) is 0 Å². The van der Waals surface area contributed by atoms with Crippen molar-refractivity contribution >= 4 is 6.08 Å². The van der Waals surface area contributed by atoms with Gasteiger partial charge >= 0.3 is 6.18 Å². The van der Waals surface area contributed by atoms with E-state index in [1.54, 1.807) is 12.1 Å². The summed E-state index contributed by atoms with van der Waals surface area (Å²) in [5.41, 5.74) is 0.947. The molecule has 1 aromatic rings. The molecule has 0 fully saturated rings. The molecule has 1 rings (SSSR count). The van der Waals surface area contributed by atoms with Crippen molar-refractivity contribution in [3.63, 3.8) is 0 Å². The van der Waals surface area contributed by atoms with Crippen LogP contribution in [0.3, 0.4) is 0 Å². The van der Waals surface area contributed by atoms with E-state index in [2.05, 4.69) is 5.32 Å². The van der Waals surface area contributed by atoms with Crippen LogP contribution in [0, 0.1) is 0 Å². The average Bonchev–Trinajstić information content (AvgIpc) is 2.27. The number of likely N-dealkylation sites (N-methyl/N-ethyl adjacent to an activating group) is 1.